The zero-order valence-corrected chi connectivity index (χ0v) is 15.7. The Morgan fingerprint density at radius 1 is 1.20 bits per heavy atom. The van der Waals surface area contributed by atoms with Crippen molar-refractivity contribution in [3.63, 3.8) is 0 Å². The van der Waals surface area contributed by atoms with Crippen molar-refractivity contribution >= 4 is 40.5 Å². The van der Waals surface area contributed by atoms with Gasteiger partial charge in [0.2, 0.25) is 5.89 Å². The van der Waals surface area contributed by atoms with E-state index in [1.807, 2.05) is 0 Å². The first-order valence-corrected chi connectivity index (χ1v) is 9.25. The molecule has 0 bridgehead atoms. The largest absolute Gasteiger partial charge is 0.497 e. The highest BCUT2D eigenvalue weighted by Gasteiger charge is 2.15. The van der Waals surface area contributed by atoms with Crippen LogP contribution in [0.5, 0.6) is 11.5 Å². The molecule has 130 valence electrons. The van der Waals surface area contributed by atoms with Crippen LogP contribution in [-0.2, 0) is 0 Å². The summed E-state index contributed by atoms with van der Waals surface area (Å²) in [5, 5.41) is 8.29. The van der Waals surface area contributed by atoms with Gasteiger partial charge in [-0.05, 0) is 24.3 Å². The Labute approximate surface area is 157 Å². The van der Waals surface area contributed by atoms with E-state index in [2.05, 4.69) is 10.2 Å². The van der Waals surface area contributed by atoms with E-state index in [1.165, 1.54) is 23.1 Å². The van der Waals surface area contributed by atoms with Gasteiger partial charge in [-0.2, -0.15) is 0 Å². The smallest absolute Gasteiger partial charge is 0.277 e. The SMILES string of the molecule is COc1cc(OC)cc(-c2nnc(SCC(=O)c3ccc(Cl)s3)o2)c1. The average molecular weight is 397 g/mol. The van der Waals surface area contributed by atoms with E-state index in [9.17, 15) is 4.79 Å². The molecule has 0 saturated carbocycles. The van der Waals surface area contributed by atoms with E-state index in [-0.39, 0.29) is 11.5 Å². The molecule has 0 aliphatic heterocycles. The number of Topliss-reactive ketones (excluding diaryl/α,β-unsaturated/α-hetero) is 1. The lowest BCUT2D eigenvalue weighted by atomic mass is 10.2. The zero-order chi connectivity index (χ0) is 17.8. The predicted octanol–water partition coefficient (Wildman–Crippen LogP) is 4.44. The maximum atomic E-state index is 12.1. The number of ketones is 1. The molecule has 0 atom stereocenters. The van der Waals surface area contributed by atoms with Gasteiger partial charge in [-0.25, -0.2) is 0 Å². The van der Waals surface area contributed by atoms with E-state index < -0.39 is 0 Å². The van der Waals surface area contributed by atoms with Gasteiger partial charge in [0.15, 0.2) is 5.78 Å². The highest BCUT2D eigenvalue weighted by Crippen LogP contribution is 2.31. The second-order valence-electron chi connectivity index (χ2n) is 4.79. The second kappa shape index (κ2) is 7.90. The summed E-state index contributed by atoms with van der Waals surface area (Å²) in [6.07, 6.45) is 0. The lowest BCUT2D eigenvalue weighted by molar-refractivity contribution is 0.102. The van der Waals surface area contributed by atoms with Crippen LogP contribution >= 0.6 is 34.7 Å². The Morgan fingerprint density at radius 3 is 2.52 bits per heavy atom. The van der Waals surface area contributed by atoms with E-state index in [0.717, 1.165) is 0 Å². The number of benzene rings is 1. The molecular formula is C16H13ClN2O4S2. The number of aromatic nitrogens is 2. The average Bonchev–Trinajstić information content (AvgIpc) is 3.28. The molecule has 2 aromatic heterocycles. The predicted molar refractivity (Wildman–Crippen MR) is 97.2 cm³/mol. The quantitative estimate of drug-likeness (QED) is 0.431. The summed E-state index contributed by atoms with van der Waals surface area (Å²) in [6.45, 7) is 0. The van der Waals surface area contributed by atoms with Gasteiger partial charge in [0.25, 0.3) is 5.22 Å². The first kappa shape index (κ1) is 17.8. The van der Waals surface area contributed by atoms with Crippen molar-refractivity contribution in [2.24, 2.45) is 0 Å². The van der Waals surface area contributed by atoms with Crippen LogP contribution < -0.4 is 9.47 Å². The molecule has 6 nitrogen and oxygen atoms in total. The molecule has 0 saturated heterocycles. The number of hydrogen-bond donors (Lipinski definition) is 0. The van der Waals surface area contributed by atoms with E-state index in [0.29, 0.717) is 37.4 Å². The molecule has 0 N–H and O–H groups in total. The molecule has 3 rings (SSSR count). The molecule has 3 aromatic rings. The van der Waals surface area contributed by atoms with Gasteiger partial charge in [0.1, 0.15) is 11.5 Å². The molecule has 2 heterocycles. The standard InChI is InChI=1S/C16H13ClN2O4S2/c1-21-10-5-9(6-11(7-10)22-2)15-18-19-16(23-15)24-8-12(20)13-3-4-14(17)25-13/h3-7H,8H2,1-2H3. The van der Waals surface area contributed by atoms with E-state index in [1.54, 1.807) is 44.6 Å². The van der Waals surface area contributed by atoms with Crippen LogP contribution in [0.2, 0.25) is 4.34 Å². The fraction of sp³-hybridized carbons (Fsp3) is 0.188. The minimum absolute atomic E-state index is 0.0373. The number of carbonyl (C=O) groups is 1. The summed E-state index contributed by atoms with van der Waals surface area (Å²) in [5.41, 5.74) is 0.673. The van der Waals surface area contributed by atoms with Crippen molar-refractivity contribution in [3.05, 3.63) is 39.5 Å². The van der Waals surface area contributed by atoms with Gasteiger partial charge >= 0.3 is 0 Å². The van der Waals surface area contributed by atoms with Crippen molar-refractivity contribution in [1.82, 2.24) is 10.2 Å². The number of thioether (sulfide) groups is 1. The van der Waals surface area contributed by atoms with Crippen molar-refractivity contribution in [2.75, 3.05) is 20.0 Å². The monoisotopic (exact) mass is 396 g/mol. The number of hydrogen-bond acceptors (Lipinski definition) is 8. The fourth-order valence-corrected chi connectivity index (χ4v) is 3.70. The van der Waals surface area contributed by atoms with Crippen LogP contribution in [0.15, 0.2) is 40.0 Å². The lowest BCUT2D eigenvalue weighted by Crippen LogP contribution is -1.98. The van der Waals surface area contributed by atoms with Gasteiger partial charge in [-0.15, -0.1) is 21.5 Å². The zero-order valence-electron chi connectivity index (χ0n) is 13.3. The Hall–Kier alpha value is -2.03. The minimum atomic E-state index is -0.0373. The van der Waals surface area contributed by atoms with Crippen LogP contribution in [0.1, 0.15) is 9.67 Å². The van der Waals surface area contributed by atoms with Crippen LogP contribution in [-0.4, -0.2) is 36.0 Å². The number of ether oxygens (including phenoxy) is 2. The van der Waals surface area contributed by atoms with Crippen LogP contribution in [0.25, 0.3) is 11.5 Å². The molecule has 0 radical (unpaired) electrons. The maximum Gasteiger partial charge on any atom is 0.277 e. The van der Waals surface area contributed by atoms with Gasteiger partial charge in [0.05, 0.1) is 29.2 Å². The Bertz CT molecular complexity index is 872. The molecule has 0 aliphatic carbocycles. The summed E-state index contributed by atoms with van der Waals surface area (Å²) >= 11 is 8.27. The van der Waals surface area contributed by atoms with Crippen molar-refractivity contribution < 1.29 is 18.7 Å². The molecule has 0 fully saturated rings. The van der Waals surface area contributed by atoms with Gasteiger partial charge in [-0.3, -0.25) is 4.79 Å². The molecule has 0 aliphatic rings. The third-order valence-corrected chi connectivity index (χ3v) is 5.27. The third kappa shape index (κ3) is 4.33. The summed E-state index contributed by atoms with van der Waals surface area (Å²) in [5.74, 6) is 1.72. The first-order chi connectivity index (χ1) is 12.1. The molecule has 0 spiro atoms. The Kier molecular flexibility index (Phi) is 5.62. The minimum Gasteiger partial charge on any atom is -0.497 e. The van der Waals surface area contributed by atoms with Crippen LogP contribution in [0, 0.1) is 0 Å². The molecular weight excluding hydrogens is 384 g/mol. The van der Waals surface area contributed by atoms with Crippen LogP contribution in [0.4, 0.5) is 0 Å². The number of nitrogens with zero attached hydrogens (tertiary/aromatic N) is 2. The Morgan fingerprint density at radius 2 is 1.92 bits per heavy atom. The topological polar surface area (TPSA) is 74.5 Å². The molecule has 9 heteroatoms. The molecule has 0 unspecified atom stereocenters. The Balaban J connectivity index is 1.71. The number of methoxy groups -OCH3 is 2. The van der Waals surface area contributed by atoms with Crippen molar-refractivity contribution in [1.29, 1.82) is 0 Å². The fourth-order valence-electron chi connectivity index (χ4n) is 1.98. The van der Waals surface area contributed by atoms with E-state index >= 15 is 0 Å². The number of thiophene rings is 1. The number of halogens is 1. The van der Waals surface area contributed by atoms with Crippen molar-refractivity contribution in [2.45, 2.75) is 5.22 Å². The lowest BCUT2D eigenvalue weighted by Gasteiger charge is -2.05. The highest BCUT2D eigenvalue weighted by molar-refractivity contribution is 7.99. The molecule has 25 heavy (non-hydrogen) atoms. The van der Waals surface area contributed by atoms with Crippen molar-refractivity contribution in [3.8, 4) is 23.0 Å². The number of carbonyl (C=O) groups excluding carboxylic acids is 1. The summed E-state index contributed by atoms with van der Waals surface area (Å²) < 4.78 is 16.7. The van der Waals surface area contributed by atoms with E-state index in [4.69, 9.17) is 25.5 Å². The summed E-state index contributed by atoms with van der Waals surface area (Å²) in [7, 11) is 3.13. The number of rotatable bonds is 7. The molecule has 1 aromatic carbocycles. The molecule has 0 amide bonds. The second-order valence-corrected chi connectivity index (χ2v) is 7.43. The summed E-state index contributed by atoms with van der Waals surface area (Å²) in [4.78, 5) is 12.7. The van der Waals surface area contributed by atoms with Gasteiger partial charge < -0.3 is 13.9 Å². The first-order valence-electron chi connectivity index (χ1n) is 7.07. The van der Waals surface area contributed by atoms with Crippen LogP contribution in [0.3, 0.4) is 0 Å². The maximum absolute atomic E-state index is 12.1. The van der Waals surface area contributed by atoms with Gasteiger partial charge in [0, 0.05) is 11.6 Å². The third-order valence-electron chi connectivity index (χ3n) is 3.18. The van der Waals surface area contributed by atoms with Gasteiger partial charge in [-0.1, -0.05) is 23.4 Å². The highest BCUT2D eigenvalue weighted by atomic mass is 35.5. The summed E-state index contributed by atoms with van der Waals surface area (Å²) in [6, 6.07) is 8.69. The normalized spacial score (nSPS) is 10.7.